The molecule has 4 aromatic rings. The molecule has 2 N–H and O–H groups in total. The summed E-state index contributed by atoms with van der Waals surface area (Å²) >= 11 is 0. The van der Waals surface area contributed by atoms with Gasteiger partial charge in [0, 0.05) is 53.7 Å². The van der Waals surface area contributed by atoms with Crippen molar-refractivity contribution >= 4 is 28.6 Å². The van der Waals surface area contributed by atoms with Gasteiger partial charge in [-0.15, -0.1) is 0 Å². The molecule has 180 valence electrons. The van der Waals surface area contributed by atoms with Crippen LogP contribution in [-0.2, 0) is 10.5 Å². The standard InChI is InChI=1S/C27H28N4O4/c1-16(2)31-25(32)21-8-6-7-9-22(21)27(31,35-5)17-10-11-23-24(12-17)30-26(29-23)28-18-13-19(33-3)15-20(14-18)34-4/h6-16H,1-5H3,(H2,28,29,30). The summed E-state index contributed by atoms with van der Waals surface area (Å²) in [7, 11) is 4.86. The Morgan fingerprint density at radius 3 is 2.34 bits per heavy atom. The van der Waals surface area contributed by atoms with E-state index in [-0.39, 0.29) is 11.9 Å². The lowest BCUT2D eigenvalue weighted by atomic mass is 9.92. The molecule has 3 aromatic carbocycles. The Morgan fingerprint density at radius 1 is 0.971 bits per heavy atom. The van der Waals surface area contributed by atoms with E-state index in [9.17, 15) is 4.79 Å². The van der Waals surface area contributed by atoms with E-state index in [1.165, 1.54) is 0 Å². The lowest BCUT2D eigenvalue weighted by Gasteiger charge is -2.40. The summed E-state index contributed by atoms with van der Waals surface area (Å²) in [4.78, 5) is 23.2. The first-order valence-electron chi connectivity index (χ1n) is 11.4. The van der Waals surface area contributed by atoms with Gasteiger partial charge in [-0.1, -0.05) is 24.3 Å². The quantitative estimate of drug-likeness (QED) is 0.392. The van der Waals surface area contributed by atoms with Gasteiger partial charge in [0.2, 0.25) is 5.95 Å². The number of aromatic nitrogens is 2. The number of fused-ring (bicyclic) bond motifs is 2. The van der Waals surface area contributed by atoms with Gasteiger partial charge in [0.05, 0.1) is 25.3 Å². The summed E-state index contributed by atoms with van der Waals surface area (Å²) in [6.07, 6.45) is 0. The predicted octanol–water partition coefficient (Wildman–Crippen LogP) is 5.04. The van der Waals surface area contributed by atoms with Crippen molar-refractivity contribution in [3.63, 3.8) is 0 Å². The number of nitrogens with one attached hydrogen (secondary N) is 2. The molecule has 0 fully saturated rings. The molecular formula is C27H28N4O4. The predicted molar refractivity (Wildman–Crippen MR) is 134 cm³/mol. The van der Waals surface area contributed by atoms with Crippen LogP contribution in [0, 0.1) is 0 Å². The number of H-pyrrole nitrogens is 1. The smallest absolute Gasteiger partial charge is 0.257 e. The minimum Gasteiger partial charge on any atom is -0.497 e. The molecular weight excluding hydrogens is 444 g/mol. The Bertz CT molecular complexity index is 1390. The number of anilines is 2. The fourth-order valence-corrected chi connectivity index (χ4v) is 4.88. The van der Waals surface area contributed by atoms with E-state index in [1.807, 2.05) is 74.5 Å². The van der Waals surface area contributed by atoms with Crippen molar-refractivity contribution in [3.8, 4) is 11.5 Å². The highest BCUT2D eigenvalue weighted by Gasteiger charge is 2.52. The van der Waals surface area contributed by atoms with Crippen molar-refractivity contribution in [2.45, 2.75) is 25.6 Å². The minimum atomic E-state index is -1.03. The highest BCUT2D eigenvalue weighted by atomic mass is 16.5. The summed E-state index contributed by atoms with van der Waals surface area (Å²) in [5.41, 5.74) is 3.68. The number of aromatic amines is 1. The maximum Gasteiger partial charge on any atom is 0.257 e. The van der Waals surface area contributed by atoms with E-state index in [0.717, 1.165) is 27.8 Å². The molecule has 8 nitrogen and oxygen atoms in total. The van der Waals surface area contributed by atoms with Gasteiger partial charge in [0.1, 0.15) is 11.5 Å². The first-order chi connectivity index (χ1) is 16.9. The van der Waals surface area contributed by atoms with Crippen LogP contribution < -0.4 is 14.8 Å². The number of carbonyl (C=O) groups excluding carboxylic acids is 1. The number of hydrogen-bond donors (Lipinski definition) is 2. The molecule has 1 aromatic heterocycles. The second-order valence-electron chi connectivity index (χ2n) is 8.71. The lowest BCUT2D eigenvalue weighted by molar-refractivity contribution is -0.0942. The zero-order valence-electron chi connectivity index (χ0n) is 20.4. The van der Waals surface area contributed by atoms with Gasteiger partial charge >= 0.3 is 0 Å². The molecule has 0 saturated carbocycles. The highest BCUT2D eigenvalue weighted by Crippen LogP contribution is 2.46. The second kappa shape index (κ2) is 8.63. The van der Waals surface area contributed by atoms with Gasteiger partial charge in [-0.25, -0.2) is 4.98 Å². The molecule has 8 heteroatoms. The Balaban J connectivity index is 1.58. The molecule has 1 aliphatic heterocycles. The molecule has 0 radical (unpaired) electrons. The van der Waals surface area contributed by atoms with Crippen molar-refractivity contribution < 1.29 is 19.0 Å². The van der Waals surface area contributed by atoms with Gasteiger partial charge in [-0.05, 0) is 32.0 Å². The van der Waals surface area contributed by atoms with Crippen molar-refractivity contribution in [1.82, 2.24) is 14.9 Å². The number of carbonyl (C=O) groups is 1. The van der Waals surface area contributed by atoms with Crippen LogP contribution in [0.5, 0.6) is 11.5 Å². The normalized spacial score (nSPS) is 17.2. The number of ether oxygens (including phenoxy) is 3. The lowest BCUT2D eigenvalue weighted by Crippen LogP contribution is -2.49. The third-order valence-electron chi connectivity index (χ3n) is 6.38. The van der Waals surface area contributed by atoms with Crippen LogP contribution in [0.4, 0.5) is 11.6 Å². The number of methoxy groups -OCH3 is 3. The summed E-state index contributed by atoms with van der Waals surface area (Å²) in [6, 6.07) is 19.0. The zero-order chi connectivity index (χ0) is 24.7. The number of imidazole rings is 1. The Morgan fingerprint density at radius 2 is 1.69 bits per heavy atom. The van der Waals surface area contributed by atoms with Crippen LogP contribution >= 0.6 is 0 Å². The molecule has 0 bridgehead atoms. The summed E-state index contributed by atoms with van der Waals surface area (Å²) in [6.45, 7) is 3.99. The Hall–Kier alpha value is -4.04. The molecule has 1 unspecified atom stereocenters. The number of rotatable bonds is 7. The molecule has 1 atom stereocenters. The average molecular weight is 473 g/mol. The van der Waals surface area contributed by atoms with Crippen LogP contribution in [0.3, 0.4) is 0 Å². The maximum atomic E-state index is 13.4. The summed E-state index contributed by atoms with van der Waals surface area (Å²) in [5.74, 6) is 1.87. The maximum absolute atomic E-state index is 13.4. The van der Waals surface area contributed by atoms with Gasteiger partial charge in [0.15, 0.2) is 5.72 Å². The molecule has 0 aliphatic carbocycles. The van der Waals surface area contributed by atoms with Crippen molar-refractivity contribution in [3.05, 3.63) is 77.4 Å². The van der Waals surface area contributed by atoms with Crippen molar-refractivity contribution in [2.24, 2.45) is 0 Å². The van der Waals surface area contributed by atoms with E-state index in [4.69, 9.17) is 14.2 Å². The first-order valence-corrected chi connectivity index (χ1v) is 11.4. The summed E-state index contributed by atoms with van der Waals surface area (Å²) in [5, 5.41) is 3.28. The third-order valence-corrected chi connectivity index (χ3v) is 6.38. The fourth-order valence-electron chi connectivity index (χ4n) is 4.88. The number of benzene rings is 3. The van der Waals surface area contributed by atoms with Crippen LogP contribution in [0.1, 0.15) is 35.3 Å². The number of amides is 1. The van der Waals surface area contributed by atoms with Crippen LogP contribution in [0.25, 0.3) is 11.0 Å². The first kappa shape index (κ1) is 22.7. The molecule has 35 heavy (non-hydrogen) atoms. The minimum absolute atomic E-state index is 0.0449. The van der Waals surface area contributed by atoms with Gasteiger partial charge in [0.25, 0.3) is 5.91 Å². The van der Waals surface area contributed by atoms with Gasteiger partial charge in [-0.2, -0.15) is 0 Å². The van der Waals surface area contributed by atoms with Gasteiger partial charge < -0.3 is 24.5 Å². The average Bonchev–Trinajstić information content (AvgIpc) is 3.39. The third kappa shape index (κ3) is 3.57. The molecule has 0 saturated heterocycles. The van der Waals surface area contributed by atoms with E-state index >= 15 is 0 Å². The van der Waals surface area contributed by atoms with Crippen molar-refractivity contribution in [1.29, 1.82) is 0 Å². The molecule has 5 rings (SSSR count). The zero-order valence-corrected chi connectivity index (χ0v) is 20.4. The highest BCUT2D eigenvalue weighted by molar-refractivity contribution is 6.00. The number of hydrogen-bond acceptors (Lipinski definition) is 6. The number of nitrogens with zero attached hydrogens (tertiary/aromatic N) is 2. The Kier molecular flexibility index (Phi) is 5.61. The molecule has 0 spiro atoms. The summed E-state index contributed by atoms with van der Waals surface area (Å²) < 4.78 is 16.9. The van der Waals surface area contributed by atoms with E-state index in [2.05, 4.69) is 15.3 Å². The SMILES string of the molecule is COc1cc(Nc2nc3ccc(C4(OC)c5ccccc5C(=O)N4C(C)C)cc3[nH]2)cc(OC)c1. The molecule has 1 aliphatic rings. The van der Waals surface area contributed by atoms with Crippen molar-refractivity contribution in [2.75, 3.05) is 26.6 Å². The molecule has 2 heterocycles. The van der Waals surface area contributed by atoms with E-state index in [1.54, 1.807) is 26.2 Å². The molecule has 1 amide bonds. The monoisotopic (exact) mass is 472 g/mol. The van der Waals surface area contributed by atoms with E-state index < -0.39 is 5.72 Å². The topological polar surface area (TPSA) is 88.7 Å². The second-order valence-corrected chi connectivity index (χ2v) is 8.71. The van der Waals surface area contributed by atoms with Gasteiger partial charge in [-0.3, -0.25) is 9.69 Å². The van der Waals surface area contributed by atoms with Crippen LogP contribution in [0.2, 0.25) is 0 Å². The van der Waals surface area contributed by atoms with Crippen LogP contribution in [-0.4, -0.2) is 48.1 Å². The van der Waals surface area contributed by atoms with E-state index in [0.29, 0.717) is 23.0 Å². The fraction of sp³-hybridized carbons (Fsp3) is 0.259. The van der Waals surface area contributed by atoms with Crippen LogP contribution in [0.15, 0.2) is 60.7 Å². The Labute approximate surface area is 203 Å². The largest absolute Gasteiger partial charge is 0.497 e.